The van der Waals surface area contributed by atoms with Gasteiger partial charge >= 0.3 is 0 Å². The first kappa shape index (κ1) is 14.6. The van der Waals surface area contributed by atoms with Crippen molar-refractivity contribution in [3.05, 3.63) is 22.7 Å². The van der Waals surface area contributed by atoms with E-state index in [2.05, 4.69) is 42.9 Å². The molecule has 5 nitrogen and oxygen atoms in total. The van der Waals surface area contributed by atoms with Gasteiger partial charge < -0.3 is 14.8 Å². The average molecular weight is 290 g/mol. The molecule has 0 saturated carbocycles. The van der Waals surface area contributed by atoms with E-state index in [1.54, 1.807) is 17.0 Å². The van der Waals surface area contributed by atoms with Gasteiger partial charge in [0.1, 0.15) is 0 Å². The molecule has 2 aliphatic heterocycles. The monoisotopic (exact) mass is 290 g/mol. The maximum atomic E-state index is 12.7. The summed E-state index contributed by atoms with van der Waals surface area (Å²) in [6.45, 7) is 12.5. The molecule has 0 radical (unpaired) electrons. The first-order valence-electron chi connectivity index (χ1n) is 7.95. The predicted octanol–water partition coefficient (Wildman–Crippen LogP) is 1.33. The summed E-state index contributed by atoms with van der Waals surface area (Å²) in [4.78, 5) is 19.4. The Balaban J connectivity index is 1.96. The Morgan fingerprint density at radius 2 is 2.19 bits per heavy atom. The molecular formula is C16H26N4O. The highest BCUT2D eigenvalue weighted by Gasteiger charge is 2.50. The molecule has 0 spiro atoms. The SMILES string of the molecule is CC(C)Cn1ccnc(N2CC3CNCC3C2(C)C)c1=O. The number of rotatable bonds is 3. The van der Waals surface area contributed by atoms with Gasteiger partial charge in [-0.3, -0.25) is 4.79 Å². The van der Waals surface area contributed by atoms with Crippen LogP contribution in [0.1, 0.15) is 27.7 Å². The summed E-state index contributed by atoms with van der Waals surface area (Å²) < 4.78 is 1.80. The second-order valence-electron chi connectivity index (χ2n) is 7.39. The molecular weight excluding hydrogens is 264 g/mol. The van der Waals surface area contributed by atoms with E-state index in [0.717, 1.165) is 26.2 Å². The van der Waals surface area contributed by atoms with Crippen LogP contribution in [-0.2, 0) is 6.54 Å². The van der Waals surface area contributed by atoms with Gasteiger partial charge in [-0.05, 0) is 31.6 Å². The van der Waals surface area contributed by atoms with Crippen molar-refractivity contribution in [2.45, 2.75) is 39.8 Å². The van der Waals surface area contributed by atoms with Crippen molar-refractivity contribution in [1.29, 1.82) is 0 Å². The Morgan fingerprint density at radius 1 is 1.43 bits per heavy atom. The average Bonchev–Trinajstić information content (AvgIpc) is 2.95. The highest BCUT2D eigenvalue weighted by atomic mass is 16.1. The molecule has 21 heavy (non-hydrogen) atoms. The van der Waals surface area contributed by atoms with Crippen molar-refractivity contribution in [1.82, 2.24) is 14.9 Å². The summed E-state index contributed by atoms with van der Waals surface area (Å²) in [5.74, 6) is 2.29. The van der Waals surface area contributed by atoms with Crippen molar-refractivity contribution in [2.75, 3.05) is 24.5 Å². The van der Waals surface area contributed by atoms with Gasteiger partial charge in [0.05, 0.1) is 0 Å². The lowest BCUT2D eigenvalue weighted by Gasteiger charge is -2.36. The first-order valence-corrected chi connectivity index (χ1v) is 7.95. The summed E-state index contributed by atoms with van der Waals surface area (Å²) in [7, 11) is 0. The fourth-order valence-corrected chi connectivity index (χ4v) is 3.94. The van der Waals surface area contributed by atoms with E-state index < -0.39 is 0 Å². The Bertz CT molecular complexity index is 578. The number of aromatic nitrogens is 2. The normalized spacial score (nSPS) is 27.4. The number of anilines is 1. The van der Waals surface area contributed by atoms with E-state index in [1.807, 2.05) is 0 Å². The van der Waals surface area contributed by atoms with Crippen molar-refractivity contribution in [3.8, 4) is 0 Å². The van der Waals surface area contributed by atoms with Crippen LogP contribution in [0.5, 0.6) is 0 Å². The van der Waals surface area contributed by atoms with Gasteiger partial charge in [-0.1, -0.05) is 13.8 Å². The molecule has 116 valence electrons. The molecule has 1 aromatic rings. The summed E-state index contributed by atoms with van der Waals surface area (Å²) >= 11 is 0. The lowest BCUT2D eigenvalue weighted by Crippen LogP contribution is -2.47. The van der Waals surface area contributed by atoms with Gasteiger partial charge in [0.25, 0.3) is 5.56 Å². The van der Waals surface area contributed by atoms with Gasteiger partial charge in [-0.2, -0.15) is 0 Å². The quantitative estimate of drug-likeness (QED) is 0.912. The van der Waals surface area contributed by atoms with Crippen LogP contribution in [-0.4, -0.2) is 34.7 Å². The third-order valence-corrected chi connectivity index (χ3v) is 5.07. The van der Waals surface area contributed by atoms with Crippen LogP contribution in [0.4, 0.5) is 5.82 Å². The van der Waals surface area contributed by atoms with E-state index in [4.69, 9.17) is 0 Å². The van der Waals surface area contributed by atoms with Crippen LogP contribution in [0.25, 0.3) is 0 Å². The summed E-state index contributed by atoms with van der Waals surface area (Å²) in [5.41, 5.74) is 0.0318. The Hall–Kier alpha value is -1.36. The number of hydrogen-bond donors (Lipinski definition) is 1. The Labute approximate surface area is 126 Å². The number of nitrogens with zero attached hydrogens (tertiary/aromatic N) is 3. The summed E-state index contributed by atoms with van der Waals surface area (Å²) in [5, 5.41) is 3.47. The largest absolute Gasteiger partial charge is 0.346 e. The Morgan fingerprint density at radius 3 is 2.86 bits per heavy atom. The van der Waals surface area contributed by atoms with E-state index >= 15 is 0 Å². The summed E-state index contributed by atoms with van der Waals surface area (Å²) in [6, 6.07) is 0. The van der Waals surface area contributed by atoms with Crippen molar-refractivity contribution in [2.24, 2.45) is 17.8 Å². The molecule has 2 unspecified atom stereocenters. The molecule has 0 aromatic carbocycles. The number of fused-ring (bicyclic) bond motifs is 1. The molecule has 0 aliphatic carbocycles. The smallest absolute Gasteiger partial charge is 0.293 e. The second kappa shape index (κ2) is 5.13. The van der Waals surface area contributed by atoms with E-state index in [0.29, 0.717) is 23.6 Å². The van der Waals surface area contributed by atoms with Gasteiger partial charge in [0, 0.05) is 44.1 Å². The van der Waals surface area contributed by atoms with Crippen LogP contribution in [0.3, 0.4) is 0 Å². The molecule has 3 heterocycles. The standard InChI is InChI=1S/C16H26N4O/c1-11(2)9-19-6-5-18-14(15(19)21)20-10-12-7-17-8-13(12)16(20,3)4/h5-6,11-13,17H,7-10H2,1-4H3. The van der Waals surface area contributed by atoms with Crippen LogP contribution < -0.4 is 15.8 Å². The van der Waals surface area contributed by atoms with Crippen molar-refractivity contribution in [3.63, 3.8) is 0 Å². The fourth-order valence-electron chi connectivity index (χ4n) is 3.94. The zero-order chi connectivity index (χ0) is 15.2. The molecule has 2 atom stereocenters. The minimum atomic E-state index is -0.0165. The lowest BCUT2D eigenvalue weighted by molar-refractivity contribution is 0.355. The van der Waals surface area contributed by atoms with E-state index in [1.165, 1.54) is 0 Å². The number of hydrogen-bond acceptors (Lipinski definition) is 4. The highest BCUT2D eigenvalue weighted by molar-refractivity contribution is 5.43. The van der Waals surface area contributed by atoms with Gasteiger partial charge in [-0.15, -0.1) is 0 Å². The topological polar surface area (TPSA) is 50.2 Å². The minimum absolute atomic E-state index is 0.0165. The molecule has 0 bridgehead atoms. The van der Waals surface area contributed by atoms with Gasteiger partial charge in [0.15, 0.2) is 5.82 Å². The van der Waals surface area contributed by atoms with Gasteiger partial charge in [0.2, 0.25) is 0 Å². The molecule has 2 fully saturated rings. The highest BCUT2D eigenvalue weighted by Crippen LogP contribution is 2.41. The predicted molar refractivity (Wildman–Crippen MR) is 84.6 cm³/mol. The molecule has 2 saturated heterocycles. The van der Waals surface area contributed by atoms with Gasteiger partial charge in [-0.25, -0.2) is 4.98 Å². The van der Waals surface area contributed by atoms with E-state index in [-0.39, 0.29) is 11.1 Å². The van der Waals surface area contributed by atoms with Crippen LogP contribution in [0, 0.1) is 17.8 Å². The maximum absolute atomic E-state index is 12.7. The fraction of sp³-hybridized carbons (Fsp3) is 0.750. The Kier molecular flexibility index (Phi) is 3.56. The van der Waals surface area contributed by atoms with Crippen LogP contribution in [0.15, 0.2) is 17.2 Å². The second-order valence-corrected chi connectivity index (χ2v) is 7.39. The first-order chi connectivity index (χ1) is 9.91. The third-order valence-electron chi connectivity index (χ3n) is 5.07. The molecule has 5 heteroatoms. The lowest BCUT2D eigenvalue weighted by atomic mass is 9.85. The third kappa shape index (κ3) is 2.37. The molecule has 0 amide bonds. The minimum Gasteiger partial charge on any atom is -0.346 e. The number of nitrogens with one attached hydrogen (secondary N) is 1. The zero-order valence-corrected chi connectivity index (χ0v) is 13.5. The van der Waals surface area contributed by atoms with Crippen LogP contribution >= 0.6 is 0 Å². The molecule has 1 N–H and O–H groups in total. The maximum Gasteiger partial charge on any atom is 0.293 e. The van der Waals surface area contributed by atoms with Crippen molar-refractivity contribution < 1.29 is 0 Å². The van der Waals surface area contributed by atoms with Crippen molar-refractivity contribution >= 4 is 5.82 Å². The van der Waals surface area contributed by atoms with Crippen LogP contribution in [0.2, 0.25) is 0 Å². The molecule has 1 aromatic heterocycles. The molecule has 3 rings (SSSR count). The molecule has 2 aliphatic rings. The summed E-state index contributed by atoms with van der Waals surface area (Å²) in [6.07, 6.45) is 3.57. The van der Waals surface area contributed by atoms with E-state index in [9.17, 15) is 4.79 Å². The zero-order valence-electron chi connectivity index (χ0n) is 13.5.